The third-order valence-electron chi connectivity index (χ3n) is 3.49. The van der Waals surface area contributed by atoms with E-state index >= 15 is 0 Å². The lowest BCUT2D eigenvalue weighted by molar-refractivity contribution is -0.134. The van der Waals surface area contributed by atoms with Crippen LogP contribution in [0.5, 0.6) is 0 Å². The van der Waals surface area contributed by atoms with E-state index in [1.807, 2.05) is 0 Å². The van der Waals surface area contributed by atoms with Gasteiger partial charge in [0.25, 0.3) is 0 Å². The Hall–Kier alpha value is -0.370. The number of rotatable bonds is 5. The van der Waals surface area contributed by atoms with Gasteiger partial charge in [-0.05, 0) is 25.2 Å². The molecule has 3 unspecified atom stereocenters. The summed E-state index contributed by atoms with van der Waals surface area (Å²) in [5, 5.41) is 0. The van der Waals surface area contributed by atoms with E-state index in [0.717, 1.165) is 25.7 Å². The molecule has 0 heterocycles. The monoisotopic (exact) mass is 212 g/mol. The molecule has 1 fully saturated rings. The lowest BCUT2D eigenvalue weighted by Gasteiger charge is -2.28. The summed E-state index contributed by atoms with van der Waals surface area (Å²) in [6.45, 7) is 4.35. The van der Waals surface area contributed by atoms with Crippen LogP contribution in [0, 0.1) is 11.8 Å². The van der Waals surface area contributed by atoms with Gasteiger partial charge in [0.2, 0.25) is 0 Å². The fourth-order valence-corrected chi connectivity index (χ4v) is 2.59. The van der Waals surface area contributed by atoms with Gasteiger partial charge in [0, 0.05) is 13.0 Å². The summed E-state index contributed by atoms with van der Waals surface area (Å²) >= 11 is 0. The molecular weight excluding hydrogens is 188 g/mol. The fraction of sp³-hybridized carbons (Fsp3) is 0.923. The first-order valence-corrected chi connectivity index (χ1v) is 6.25. The van der Waals surface area contributed by atoms with Crippen LogP contribution in [0.25, 0.3) is 0 Å². The SMILES string of the molecule is CCCC(OC)C(=O)C1CCCC(C)C1. The number of carbonyl (C=O) groups is 1. The normalized spacial score (nSPS) is 28.7. The quantitative estimate of drug-likeness (QED) is 0.699. The van der Waals surface area contributed by atoms with Gasteiger partial charge in [-0.3, -0.25) is 4.79 Å². The molecule has 0 aromatic carbocycles. The molecule has 0 aliphatic heterocycles. The van der Waals surface area contributed by atoms with E-state index in [1.54, 1.807) is 7.11 Å². The Bertz CT molecular complexity index is 201. The molecule has 0 saturated heterocycles. The molecule has 1 saturated carbocycles. The van der Waals surface area contributed by atoms with Gasteiger partial charge in [-0.2, -0.15) is 0 Å². The molecule has 1 aliphatic carbocycles. The van der Waals surface area contributed by atoms with Crippen molar-refractivity contribution in [2.45, 2.75) is 58.5 Å². The average Bonchev–Trinajstić information content (AvgIpc) is 2.25. The van der Waals surface area contributed by atoms with E-state index in [4.69, 9.17) is 4.74 Å². The number of hydrogen-bond acceptors (Lipinski definition) is 2. The second kappa shape index (κ2) is 6.26. The Balaban J connectivity index is 2.49. The van der Waals surface area contributed by atoms with Crippen LogP contribution in [0.3, 0.4) is 0 Å². The Morgan fingerprint density at radius 2 is 2.20 bits per heavy atom. The van der Waals surface area contributed by atoms with Crippen LogP contribution in [0.15, 0.2) is 0 Å². The van der Waals surface area contributed by atoms with E-state index in [1.165, 1.54) is 12.8 Å². The molecule has 2 heteroatoms. The highest BCUT2D eigenvalue weighted by Gasteiger charge is 2.29. The second-order valence-corrected chi connectivity index (χ2v) is 4.88. The summed E-state index contributed by atoms with van der Waals surface area (Å²) in [4.78, 5) is 12.1. The predicted octanol–water partition coefficient (Wildman–Crippen LogP) is 3.20. The van der Waals surface area contributed by atoms with Crippen LogP contribution >= 0.6 is 0 Å². The van der Waals surface area contributed by atoms with Crippen LogP contribution in [-0.2, 0) is 9.53 Å². The zero-order chi connectivity index (χ0) is 11.3. The number of carbonyl (C=O) groups excluding carboxylic acids is 1. The summed E-state index contributed by atoms with van der Waals surface area (Å²) in [5.74, 6) is 1.34. The van der Waals surface area contributed by atoms with Crippen LogP contribution < -0.4 is 0 Å². The summed E-state index contributed by atoms with van der Waals surface area (Å²) < 4.78 is 5.29. The van der Waals surface area contributed by atoms with Crippen LogP contribution in [0.2, 0.25) is 0 Å². The van der Waals surface area contributed by atoms with E-state index < -0.39 is 0 Å². The zero-order valence-corrected chi connectivity index (χ0v) is 10.3. The van der Waals surface area contributed by atoms with Crippen LogP contribution in [0.4, 0.5) is 0 Å². The highest BCUT2D eigenvalue weighted by Crippen LogP contribution is 2.30. The third-order valence-corrected chi connectivity index (χ3v) is 3.49. The molecule has 0 aromatic rings. The van der Waals surface area contributed by atoms with Crippen LogP contribution in [-0.4, -0.2) is 19.0 Å². The molecular formula is C13H24O2. The number of ether oxygens (including phenoxy) is 1. The molecule has 2 nitrogen and oxygen atoms in total. The molecule has 88 valence electrons. The van der Waals surface area contributed by atoms with Gasteiger partial charge in [-0.25, -0.2) is 0 Å². The first-order valence-electron chi connectivity index (χ1n) is 6.25. The maximum absolute atomic E-state index is 12.1. The molecule has 1 aliphatic rings. The fourth-order valence-electron chi connectivity index (χ4n) is 2.59. The molecule has 3 atom stereocenters. The van der Waals surface area contributed by atoms with Gasteiger partial charge < -0.3 is 4.74 Å². The number of Topliss-reactive ketones (excluding diaryl/α,β-unsaturated/α-hetero) is 1. The lowest BCUT2D eigenvalue weighted by atomic mass is 9.78. The largest absolute Gasteiger partial charge is 0.374 e. The zero-order valence-electron chi connectivity index (χ0n) is 10.3. The summed E-state index contributed by atoms with van der Waals surface area (Å²) in [5.41, 5.74) is 0. The van der Waals surface area contributed by atoms with Crippen LogP contribution in [0.1, 0.15) is 52.4 Å². The lowest BCUT2D eigenvalue weighted by Crippen LogP contribution is -2.32. The van der Waals surface area contributed by atoms with Gasteiger partial charge in [0.05, 0.1) is 0 Å². The van der Waals surface area contributed by atoms with Gasteiger partial charge in [-0.15, -0.1) is 0 Å². The maximum Gasteiger partial charge on any atom is 0.164 e. The van der Waals surface area contributed by atoms with Crippen molar-refractivity contribution in [2.24, 2.45) is 11.8 Å². The topological polar surface area (TPSA) is 26.3 Å². The molecule has 0 aromatic heterocycles. The number of hydrogen-bond donors (Lipinski definition) is 0. The highest BCUT2D eigenvalue weighted by molar-refractivity contribution is 5.85. The Morgan fingerprint density at radius 3 is 2.73 bits per heavy atom. The molecule has 0 amide bonds. The van der Waals surface area contributed by atoms with Gasteiger partial charge in [0.15, 0.2) is 5.78 Å². The molecule has 0 spiro atoms. The van der Waals surface area contributed by atoms with E-state index in [-0.39, 0.29) is 12.0 Å². The van der Waals surface area contributed by atoms with Crippen molar-refractivity contribution in [2.75, 3.05) is 7.11 Å². The van der Waals surface area contributed by atoms with E-state index in [0.29, 0.717) is 11.7 Å². The minimum Gasteiger partial charge on any atom is -0.374 e. The van der Waals surface area contributed by atoms with Gasteiger partial charge >= 0.3 is 0 Å². The van der Waals surface area contributed by atoms with E-state index in [9.17, 15) is 4.79 Å². The molecule has 0 N–H and O–H groups in total. The predicted molar refractivity (Wildman–Crippen MR) is 61.8 cm³/mol. The molecule has 15 heavy (non-hydrogen) atoms. The Labute approximate surface area is 93.4 Å². The molecule has 0 radical (unpaired) electrons. The summed E-state index contributed by atoms with van der Waals surface area (Å²) in [6.07, 6.45) is 6.39. The van der Waals surface area contributed by atoms with Gasteiger partial charge in [-0.1, -0.05) is 33.1 Å². The standard InChI is InChI=1S/C13H24O2/c1-4-6-12(15-3)13(14)11-8-5-7-10(2)9-11/h10-12H,4-9H2,1-3H3. The van der Waals surface area contributed by atoms with Crippen molar-refractivity contribution in [3.63, 3.8) is 0 Å². The Morgan fingerprint density at radius 1 is 1.47 bits per heavy atom. The van der Waals surface area contributed by atoms with Crippen molar-refractivity contribution in [1.82, 2.24) is 0 Å². The summed E-state index contributed by atoms with van der Waals surface area (Å²) in [6, 6.07) is 0. The van der Waals surface area contributed by atoms with Crippen molar-refractivity contribution in [3.05, 3.63) is 0 Å². The van der Waals surface area contributed by atoms with Crippen molar-refractivity contribution in [3.8, 4) is 0 Å². The minimum absolute atomic E-state index is 0.148. The smallest absolute Gasteiger partial charge is 0.164 e. The summed E-state index contributed by atoms with van der Waals surface area (Å²) in [7, 11) is 1.66. The Kier molecular flexibility index (Phi) is 5.30. The van der Waals surface area contributed by atoms with Crippen molar-refractivity contribution in [1.29, 1.82) is 0 Å². The first kappa shape index (κ1) is 12.7. The number of ketones is 1. The van der Waals surface area contributed by atoms with E-state index in [2.05, 4.69) is 13.8 Å². The highest BCUT2D eigenvalue weighted by atomic mass is 16.5. The van der Waals surface area contributed by atoms with Crippen molar-refractivity contribution >= 4 is 5.78 Å². The second-order valence-electron chi connectivity index (χ2n) is 4.88. The molecule has 1 rings (SSSR count). The first-order chi connectivity index (χ1) is 7.19. The number of methoxy groups -OCH3 is 1. The van der Waals surface area contributed by atoms with Crippen molar-refractivity contribution < 1.29 is 9.53 Å². The minimum atomic E-state index is -0.148. The third kappa shape index (κ3) is 3.60. The van der Waals surface area contributed by atoms with Gasteiger partial charge in [0.1, 0.15) is 6.10 Å². The molecule has 0 bridgehead atoms. The maximum atomic E-state index is 12.1. The average molecular weight is 212 g/mol.